The van der Waals surface area contributed by atoms with Crippen LogP contribution in [-0.4, -0.2) is 48.9 Å². The largest absolute Gasteiger partial charge is 0.357 e. The van der Waals surface area contributed by atoms with E-state index in [4.69, 9.17) is 0 Å². The number of amides is 2. The standard InChI is InChI=1S/C22H32N4O2.HI/c1-2-23-22(24-11-10-15-6-4-3-5-7-15)25-12-13-26-20(27)18-16-8-9-17(14-16)19(18)21(26)28;/h6,8-9,16-19H,2-5,7,10-14H2,1H3,(H2,23,24,25);1H. The minimum Gasteiger partial charge on any atom is -0.357 e. The summed E-state index contributed by atoms with van der Waals surface area (Å²) in [4.78, 5) is 31.6. The van der Waals surface area contributed by atoms with Gasteiger partial charge in [0.25, 0.3) is 0 Å². The van der Waals surface area contributed by atoms with Gasteiger partial charge < -0.3 is 10.6 Å². The molecule has 4 rings (SSSR count). The molecule has 1 saturated carbocycles. The van der Waals surface area contributed by atoms with E-state index in [2.05, 4.69) is 33.9 Å². The lowest BCUT2D eigenvalue weighted by Crippen LogP contribution is -2.43. The first-order chi connectivity index (χ1) is 13.7. The van der Waals surface area contributed by atoms with Crippen LogP contribution in [-0.2, 0) is 9.59 Å². The lowest BCUT2D eigenvalue weighted by molar-refractivity contribution is -0.140. The van der Waals surface area contributed by atoms with Gasteiger partial charge in [-0.2, -0.15) is 0 Å². The van der Waals surface area contributed by atoms with Gasteiger partial charge in [-0.3, -0.25) is 19.5 Å². The number of halogens is 1. The molecule has 1 aliphatic heterocycles. The zero-order chi connectivity index (χ0) is 19.5. The van der Waals surface area contributed by atoms with Crippen molar-refractivity contribution in [1.29, 1.82) is 0 Å². The van der Waals surface area contributed by atoms with Crippen molar-refractivity contribution in [3.63, 3.8) is 0 Å². The lowest BCUT2D eigenvalue weighted by atomic mass is 9.85. The fraction of sp³-hybridized carbons (Fsp3) is 0.682. The molecule has 4 unspecified atom stereocenters. The number of carbonyl (C=O) groups excluding carboxylic acids is 2. The second-order valence-electron chi connectivity index (χ2n) is 8.37. The first kappa shape index (κ1) is 22.3. The second-order valence-corrected chi connectivity index (χ2v) is 8.37. The van der Waals surface area contributed by atoms with Crippen LogP contribution >= 0.6 is 24.0 Å². The molecule has 6 nitrogen and oxygen atoms in total. The van der Waals surface area contributed by atoms with Crippen LogP contribution in [0.25, 0.3) is 0 Å². The highest BCUT2D eigenvalue weighted by atomic mass is 127. The highest BCUT2D eigenvalue weighted by molar-refractivity contribution is 14.0. The van der Waals surface area contributed by atoms with Crippen LogP contribution in [0.15, 0.2) is 28.8 Å². The predicted molar refractivity (Wildman–Crippen MR) is 125 cm³/mol. The van der Waals surface area contributed by atoms with Crippen LogP contribution in [0.5, 0.6) is 0 Å². The van der Waals surface area contributed by atoms with Gasteiger partial charge in [-0.15, -0.1) is 24.0 Å². The van der Waals surface area contributed by atoms with Gasteiger partial charge in [-0.05, 0) is 57.3 Å². The summed E-state index contributed by atoms with van der Waals surface area (Å²) in [5.74, 6) is 1.16. The van der Waals surface area contributed by atoms with E-state index in [1.807, 2.05) is 6.92 Å². The average molecular weight is 512 g/mol. The summed E-state index contributed by atoms with van der Waals surface area (Å²) < 4.78 is 0. The molecule has 2 fully saturated rings. The molecule has 1 heterocycles. The zero-order valence-corrected chi connectivity index (χ0v) is 19.6. The number of hydrogen-bond donors (Lipinski definition) is 2. The van der Waals surface area contributed by atoms with E-state index >= 15 is 0 Å². The molecule has 0 spiro atoms. The summed E-state index contributed by atoms with van der Waals surface area (Å²) in [5, 5.41) is 6.54. The Hall–Kier alpha value is -1.38. The molecule has 0 aromatic heterocycles. The molecule has 2 amide bonds. The first-order valence-electron chi connectivity index (χ1n) is 10.9. The van der Waals surface area contributed by atoms with Crippen LogP contribution in [0, 0.1) is 23.7 Å². The molecule has 4 atom stereocenters. The average Bonchev–Trinajstić information content (AvgIpc) is 3.38. The Balaban J connectivity index is 0.00000240. The number of allylic oxidation sites excluding steroid dienone is 3. The summed E-state index contributed by atoms with van der Waals surface area (Å²) in [6, 6.07) is 0. The maximum Gasteiger partial charge on any atom is 0.233 e. The second kappa shape index (κ2) is 10.1. The van der Waals surface area contributed by atoms with E-state index in [-0.39, 0.29) is 59.5 Å². The molecule has 2 N–H and O–H groups in total. The number of aliphatic imine (C=N–C) groups is 1. The third-order valence-electron chi connectivity index (χ3n) is 6.62. The quantitative estimate of drug-likeness (QED) is 0.181. The summed E-state index contributed by atoms with van der Waals surface area (Å²) in [6.45, 7) is 4.55. The van der Waals surface area contributed by atoms with Gasteiger partial charge in [0.15, 0.2) is 5.96 Å². The van der Waals surface area contributed by atoms with Crippen molar-refractivity contribution in [3.05, 3.63) is 23.8 Å². The number of imide groups is 1. The Morgan fingerprint density at radius 3 is 2.48 bits per heavy atom. The number of fused-ring (bicyclic) bond motifs is 5. The smallest absolute Gasteiger partial charge is 0.233 e. The van der Waals surface area contributed by atoms with E-state index in [9.17, 15) is 9.59 Å². The number of guanidine groups is 1. The van der Waals surface area contributed by atoms with Crippen molar-refractivity contribution >= 4 is 41.8 Å². The summed E-state index contributed by atoms with van der Waals surface area (Å²) in [6.07, 6.45) is 13.6. The minimum absolute atomic E-state index is 0. The highest BCUT2D eigenvalue weighted by Gasteiger charge is 2.58. The summed E-state index contributed by atoms with van der Waals surface area (Å²) in [5.41, 5.74) is 1.52. The number of nitrogens with zero attached hydrogens (tertiary/aromatic N) is 2. The van der Waals surface area contributed by atoms with Gasteiger partial charge in [0.1, 0.15) is 0 Å². The molecular weight excluding hydrogens is 479 g/mol. The SMILES string of the molecule is CCNC(=NCCC1=CCCCC1)NCCN1C(=O)C2C3C=CC(C3)C2C1=O.I. The van der Waals surface area contributed by atoms with Gasteiger partial charge in [0.2, 0.25) is 11.8 Å². The Kier molecular flexibility index (Phi) is 7.76. The van der Waals surface area contributed by atoms with Gasteiger partial charge in [-0.25, -0.2) is 0 Å². The molecule has 0 aromatic carbocycles. The van der Waals surface area contributed by atoms with E-state index < -0.39 is 0 Å². The van der Waals surface area contributed by atoms with E-state index in [0.717, 1.165) is 31.9 Å². The molecule has 160 valence electrons. The van der Waals surface area contributed by atoms with Crippen molar-refractivity contribution in [2.24, 2.45) is 28.7 Å². The predicted octanol–water partition coefficient (Wildman–Crippen LogP) is 2.86. The van der Waals surface area contributed by atoms with E-state index in [1.165, 1.54) is 36.2 Å². The van der Waals surface area contributed by atoms with Gasteiger partial charge in [-0.1, -0.05) is 23.8 Å². The van der Waals surface area contributed by atoms with Crippen molar-refractivity contribution in [2.45, 2.75) is 45.4 Å². The topological polar surface area (TPSA) is 73.8 Å². The Morgan fingerprint density at radius 2 is 1.86 bits per heavy atom. The molecule has 0 aromatic rings. The Labute approximate surface area is 190 Å². The maximum absolute atomic E-state index is 12.7. The number of carbonyl (C=O) groups is 2. The minimum atomic E-state index is -0.104. The third-order valence-corrected chi connectivity index (χ3v) is 6.62. The summed E-state index contributed by atoms with van der Waals surface area (Å²) >= 11 is 0. The molecule has 2 bridgehead atoms. The van der Waals surface area contributed by atoms with Gasteiger partial charge >= 0.3 is 0 Å². The monoisotopic (exact) mass is 512 g/mol. The van der Waals surface area contributed by atoms with Crippen molar-refractivity contribution in [1.82, 2.24) is 15.5 Å². The molecule has 1 saturated heterocycles. The molecular formula is C22H33IN4O2. The lowest BCUT2D eigenvalue weighted by Gasteiger charge is -2.18. The normalized spacial score (nSPS) is 30.3. The van der Waals surface area contributed by atoms with E-state index in [0.29, 0.717) is 13.1 Å². The molecule has 29 heavy (non-hydrogen) atoms. The van der Waals surface area contributed by atoms with Crippen LogP contribution in [0.1, 0.15) is 45.4 Å². The Bertz CT molecular complexity index is 688. The maximum atomic E-state index is 12.7. The van der Waals surface area contributed by atoms with Crippen LogP contribution in [0.2, 0.25) is 0 Å². The summed E-state index contributed by atoms with van der Waals surface area (Å²) in [7, 11) is 0. The number of rotatable bonds is 7. The van der Waals surface area contributed by atoms with Crippen LogP contribution in [0.4, 0.5) is 0 Å². The van der Waals surface area contributed by atoms with Crippen LogP contribution < -0.4 is 10.6 Å². The third kappa shape index (κ3) is 4.70. The van der Waals surface area contributed by atoms with Crippen LogP contribution in [0.3, 0.4) is 0 Å². The first-order valence-corrected chi connectivity index (χ1v) is 10.9. The fourth-order valence-electron chi connectivity index (χ4n) is 5.26. The molecule has 4 aliphatic rings. The fourth-order valence-corrected chi connectivity index (χ4v) is 5.26. The van der Waals surface area contributed by atoms with Crippen molar-refractivity contribution in [2.75, 3.05) is 26.2 Å². The van der Waals surface area contributed by atoms with Crippen molar-refractivity contribution < 1.29 is 9.59 Å². The van der Waals surface area contributed by atoms with Gasteiger partial charge in [0, 0.05) is 26.2 Å². The highest BCUT2D eigenvalue weighted by Crippen LogP contribution is 2.52. The molecule has 3 aliphatic carbocycles. The number of hydrogen-bond acceptors (Lipinski definition) is 3. The Morgan fingerprint density at radius 1 is 1.14 bits per heavy atom. The molecule has 0 radical (unpaired) electrons. The number of likely N-dealkylation sites (tertiary alicyclic amines) is 1. The van der Waals surface area contributed by atoms with E-state index in [1.54, 1.807) is 0 Å². The van der Waals surface area contributed by atoms with Gasteiger partial charge in [0.05, 0.1) is 11.8 Å². The molecule has 7 heteroatoms. The van der Waals surface area contributed by atoms with Crippen molar-refractivity contribution in [3.8, 4) is 0 Å². The number of nitrogens with one attached hydrogen (secondary N) is 2. The zero-order valence-electron chi connectivity index (χ0n) is 17.2.